The first-order chi connectivity index (χ1) is 19.2. The SMILES string of the molecule is NS(=O)(=O)c1ccc(NC(=O)CSc2cccc(NC(=O)/C(=C/c3cccs3)NC(=O)c3ccccc3)c2)cc1. The molecule has 12 heteroatoms. The number of amides is 3. The number of sulfonamides is 1. The highest BCUT2D eigenvalue weighted by molar-refractivity contribution is 8.00. The van der Waals surface area contributed by atoms with Gasteiger partial charge in [-0.3, -0.25) is 14.4 Å². The van der Waals surface area contributed by atoms with Crippen molar-refractivity contribution in [3.8, 4) is 0 Å². The Morgan fingerprint density at radius 3 is 2.27 bits per heavy atom. The van der Waals surface area contributed by atoms with Gasteiger partial charge in [-0.05, 0) is 72.1 Å². The standard InChI is InChI=1S/C28H24N4O5S3/c29-40(36,37)24-13-11-20(12-14-24)30-26(33)18-39-22-9-4-8-21(16-22)31-28(35)25(17-23-10-5-15-38-23)32-27(34)19-6-2-1-3-7-19/h1-17H,18H2,(H,30,33)(H,31,35)(H,32,34)(H2,29,36,37)/b25-17-. The van der Waals surface area contributed by atoms with Crippen LogP contribution in [0.4, 0.5) is 11.4 Å². The van der Waals surface area contributed by atoms with Crippen LogP contribution in [0.15, 0.2) is 112 Å². The van der Waals surface area contributed by atoms with Crippen molar-refractivity contribution in [2.45, 2.75) is 9.79 Å². The van der Waals surface area contributed by atoms with Crippen molar-refractivity contribution in [2.75, 3.05) is 16.4 Å². The van der Waals surface area contributed by atoms with E-state index >= 15 is 0 Å². The lowest BCUT2D eigenvalue weighted by atomic mass is 10.2. The van der Waals surface area contributed by atoms with Gasteiger partial charge in [0, 0.05) is 26.7 Å². The number of carbonyl (C=O) groups excluding carboxylic acids is 3. The van der Waals surface area contributed by atoms with Gasteiger partial charge in [-0.15, -0.1) is 23.1 Å². The van der Waals surface area contributed by atoms with Crippen LogP contribution in [0.5, 0.6) is 0 Å². The number of primary sulfonamides is 1. The van der Waals surface area contributed by atoms with Gasteiger partial charge in [0.05, 0.1) is 10.6 Å². The molecule has 4 aromatic rings. The smallest absolute Gasteiger partial charge is 0.272 e. The van der Waals surface area contributed by atoms with E-state index in [1.165, 1.54) is 47.4 Å². The van der Waals surface area contributed by atoms with Gasteiger partial charge >= 0.3 is 0 Å². The number of rotatable bonds is 10. The largest absolute Gasteiger partial charge is 0.325 e. The lowest BCUT2D eigenvalue weighted by Gasteiger charge is -2.12. The molecule has 3 aromatic carbocycles. The van der Waals surface area contributed by atoms with Gasteiger partial charge in [0.15, 0.2) is 0 Å². The quantitative estimate of drug-likeness (QED) is 0.157. The molecular formula is C28H24N4O5S3. The van der Waals surface area contributed by atoms with Crippen LogP contribution in [-0.4, -0.2) is 31.9 Å². The lowest BCUT2D eigenvalue weighted by Crippen LogP contribution is -2.30. The molecule has 1 aromatic heterocycles. The molecule has 0 radical (unpaired) electrons. The van der Waals surface area contributed by atoms with Crippen LogP contribution in [0.25, 0.3) is 6.08 Å². The van der Waals surface area contributed by atoms with E-state index in [1.807, 2.05) is 17.5 Å². The topological polar surface area (TPSA) is 147 Å². The van der Waals surface area contributed by atoms with Gasteiger partial charge in [-0.2, -0.15) is 0 Å². The third-order valence-electron chi connectivity index (χ3n) is 5.29. The Kier molecular flexibility index (Phi) is 9.51. The molecule has 0 atom stereocenters. The van der Waals surface area contributed by atoms with Crippen LogP contribution in [0.1, 0.15) is 15.2 Å². The molecule has 0 bridgehead atoms. The Balaban J connectivity index is 1.39. The summed E-state index contributed by atoms with van der Waals surface area (Å²) >= 11 is 2.69. The molecule has 0 spiro atoms. The molecule has 3 amide bonds. The van der Waals surface area contributed by atoms with Crippen molar-refractivity contribution in [3.63, 3.8) is 0 Å². The molecule has 0 saturated carbocycles. The Morgan fingerprint density at radius 1 is 0.850 bits per heavy atom. The molecule has 9 nitrogen and oxygen atoms in total. The number of benzene rings is 3. The minimum absolute atomic E-state index is 0.0493. The second-order valence-electron chi connectivity index (χ2n) is 8.28. The molecular weight excluding hydrogens is 569 g/mol. The lowest BCUT2D eigenvalue weighted by molar-refractivity contribution is -0.114. The minimum atomic E-state index is -3.82. The minimum Gasteiger partial charge on any atom is -0.325 e. The molecule has 0 unspecified atom stereocenters. The summed E-state index contributed by atoms with van der Waals surface area (Å²) in [5.41, 5.74) is 1.42. The van der Waals surface area contributed by atoms with E-state index in [4.69, 9.17) is 5.14 Å². The fourth-order valence-corrected chi connectivity index (χ4v) is 5.32. The maximum atomic E-state index is 13.2. The second-order valence-corrected chi connectivity index (χ2v) is 11.9. The number of nitrogens with two attached hydrogens (primary N) is 1. The molecule has 0 aliphatic heterocycles. The van der Waals surface area contributed by atoms with E-state index in [-0.39, 0.29) is 22.3 Å². The third kappa shape index (κ3) is 8.38. The molecule has 0 fully saturated rings. The van der Waals surface area contributed by atoms with E-state index in [1.54, 1.807) is 60.7 Å². The van der Waals surface area contributed by atoms with E-state index in [2.05, 4.69) is 16.0 Å². The summed E-state index contributed by atoms with van der Waals surface area (Å²) in [5.74, 6) is -1.13. The highest BCUT2D eigenvalue weighted by Crippen LogP contribution is 2.23. The number of anilines is 2. The fraction of sp³-hybridized carbons (Fsp3) is 0.0357. The van der Waals surface area contributed by atoms with Crippen molar-refractivity contribution >= 4 is 68.3 Å². The van der Waals surface area contributed by atoms with E-state index < -0.39 is 21.8 Å². The normalized spacial score (nSPS) is 11.5. The summed E-state index contributed by atoms with van der Waals surface area (Å²) in [7, 11) is -3.82. The first-order valence-corrected chi connectivity index (χ1v) is 15.2. The Hall–Kier alpha value is -4.23. The number of hydrogen-bond donors (Lipinski definition) is 4. The van der Waals surface area contributed by atoms with Crippen LogP contribution in [0.3, 0.4) is 0 Å². The summed E-state index contributed by atoms with van der Waals surface area (Å²) in [5, 5.41) is 15.2. The second kappa shape index (κ2) is 13.2. The van der Waals surface area contributed by atoms with Crippen LogP contribution in [0, 0.1) is 0 Å². The third-order valence-corrected chi connectivity index (χ3v) is 8.03. The summed E-state index contributed by atoms with van der Waals surface area (Å²) in [4.78, 5) is 39.8. The number of thioether (sulfide) groups is 1. The fourth-order valence-electron chi connectivity index (χ4n) is 3.39. The number of nitrogens with one attached hydrogen (secondary N) is 3. The van der Waals surface area contributed by atoms with Gasteiger partial charge in [0.1, 0.15) is 5.70 Å². The van der Waals surface area contributed by atoms with Gasteiger partial charge in [0.25, 0.3) is 11.8 Å². The summed E-state index contributed by atoms with van der Waals surface area (Å²) in [6.07, 6.45) is 1.61. The predicted molar refractivity (Wildman–Crippen MR) is 158 cm³/mol. The van der Waals surface area contributed by atoms with Gasteiger partial charge in [-0.1, -0.05) is 30.3 Å². The first-order valence-electron chi connectivity index (χ1n) is 11.8. The molecule has 5 N–H and O–H groups in total. The molecule has 204 valence electrons. The van der Waals surface area contributed by atoms with Crippen LogP contribution in [-0.2, 0) is 19.6 Å². The molecule has 0 aliphatic carbocycles. The van der Waals surface area contributed by atoms with Gasteiger partial charge in [-0.25, -0.2) is 13.6 Å². The zero-order valence-corrected chi connectivity index (χ0v) is 23.3. The zero-order valence-electron chi connectivity index (χ0n) is 20.9. The average molecular weight is 593 g/mol. The Labute approximate surface area is 239 Å². The number of carbonyl (C=O) groups is 3. The molecule has 40 heavy (non-hydrogen) atoms. The predicted octanol–water partition coefficient (Wildman–Crippen LogP) is 4.54. The maximum absolute atomic E-state index is 13.2. The molecule has 0 saturated heterocycles. The van der Waals surface area contributed by atoms with Crippen LogP contribution in [0.2, 0.25) is 0 Å². The highest BCUT2D eigenvalue weighted by Gasteiger charge is 2.16. The van der Waals surface area contributed by atoms with Gasteiger partial charge in [0.2, 0.25) is 15.9 Å². The molecule has 1 heterocycles. The molecule has 0 aliphatic rings. The van der Waals surface area contributed by atoms with Crippen LogP contribution < -0.4 is 21.1 Å². The highest BCUT2D eigenvalue weighted by atomic mass is 32.2. The average Bonchev–Trinajstić information content (AvgIpc) is 3.45. The Bertz CT molecular complexity index is 1640. The summed E-state index contributed by atoms with van der Waals surface area (Å²) < 4.78 is 22.7. The first kappa shape index (κ1) is 28.8. The number of thiophene rings is 1. The summed E-state index contributed by atoms with van der Waals surface area (Å²) in [6.45, 7) is 0. The van der Waals surface area contributed by atoms with Gasteiger partial charge < -0.3 is 16.0 Å². The Morgan fingerprint density at radius 2 is 1.60 bits per heavy atom. The van der Waals surface area contributed by atoms with Crippen molar-refractivity contribution in [1.29, 1.82) is 0 Å². The van der Waals surface area contributed by atoms with E-state index in [0.717, 1.165) is 9.77 Å². The maximum Gasteiger partial charge on any atom is 0.272 e. The van der Waals surface area contributed by atoms with Crippen molar-refractivity contribution in [3.05, 3.63) is 113 Å². The molecule has 4 rings (SSSR count). The summed E-state index contributed by atoms with van der Waals surface area (Å²) in [6, 6.07) is 24.8. The van der Waals surface area contributed by atoms with Crippen molar-refractivity contribution in [2.24, 2.45) is 5.14 Å². The van der Waals surface area contributed by atoms with E-state index in [9.17, 15) is 22.8 Å². The zero-order chi connectivity index (χ0) is 28.5. The van der Waals surface area contributed by atoms with E-state index in [0.29, 0.717) is 16.9 Å². The monoisotopic (exact) mass is 592 g/mol. The van der Waals surface area contributed by atoms with Crippen LogP contribution >= 0.6 is 23.1 Å². The van der Waals surface area contributed by atoms with Crippen molar-refractivity contribution < 1.29 is 22.8 Å². The number of hydrogen-bond acceptors (Lipinski definition) is 7. The van der Waals surface area contributed by atoms with Crippen molar-refractivity contribution in [1.82, 2.24) is 5.32 Å².